The summed E-state index contributed by atoms with van der Waals surface area (Å²) in [5.74, 6) is -0.494. The fourth-order valence-corrected chi connectivity index (χ4v) is 6.93. The zero-order valence-corrected chi connectivity index (χ0v) is 18.0. The highest BCUT2D eigenvalue weighted by atomic mass is 32.2. The van der Waals surface area contributed by atoms with E-state index in [1.54, 1.807) is 11.3 Å². The molecule has 0 saturated carbocycles. The average molecular weight is 439 g/mol. The van der Waals surface area contributed by atoms with Crippen LogP contribution < -0.4 is 5.32 Å². The topological polar surface area (TPSA) is 109 Å². The predicted molar refractivity (Wildman–Crippen MR) is 111 cm³/mol. The quantitative estimate of drug-likeness (QED) is 0.672. The number of hydrogen-bond acceptors (Lipinski definition) is 7. The Morgan fingerprint density at radius 3 is 2.79 bits per heavy atom. The van der Waals surface area contributed by atoms with Crippen LogP contribution >= 0.6 is 11.3 Å². The normalized spacial score (nSPS) is 23.6. The number of amides is 2. The van der Waals surface area contributed by atoms with Gasteiger partial charge < -0.3 is 5.32 Å². The first-order valence-corrected chi connectivity index (χ1v) is 12.9. The van der Waals surface area contributed by atoms with Gasteiger partial charge in [-0.2, -0.15) is 5.10 Å². The molecule has 0 spiro atoms. The van der Waals surface area contributed by atoms with Gasteiger partial charge in [-0.3, -0.25) is 9.59 Å². The lowest BCUT2D eigenvalue weighted by atomic mass is 10.0. The van der Waals surface area contributed by atoms with E-state index >= 15 is 0 Å². The molecule has 1 saturated heterocycles. The molecule has 0 radical (unpaired) electrons. The van der Waals surface area contributed by atoms with E-state index in [0.29, 0.717) is 25.1 Å². The SMILES string of the molecule is O=C(NCCCc1nc2c(s1)CCCC2)C1=NN(C2CCS(=O)(=O)C2)C(=O)CC1. The van der Waals surface area contributed by atoms with Crippen molar-refractivity contribution in [1.29, 1.82) is 0 Å². The number of carbonyl (C=O) groups is 2. The Bertz CT molecular complexity index is 915. The third-order valence-corrected chi connectivity index (χ3v) is 8.59. The summed E-state index contributed by atoms with van der Waals surface area (Å²) in [5, 5.41) is 9.45. The first-order valence-electron chi connectivity index (χ1n) is 10.3. The zero-order chi connectivity index (χ0) is 20.4. The average Bonchev–Trinajstić information content (AvgIpc) is 3.27. The van der Waals surface area contributed by atoms with Gasteiger partial charge in [0.15, 0.2) is 9.84 Å². The molecular weight excluding hydrogens is 412 g/mol. The van der Waals surface area contributed by atoms with Gasteiger partial charge >= 0.3 is 0 Å². The third-order valence-electron chi connectivity index (χ3n) is 5.62. The van der Waals surface area contributed by atoms with Crippen LogP contribution in [0, 0.1) is 0 Å². The van der Waals surface area contributed by atoms with Gasteiger partial charge in [-0.25, -0.2) is 18.4 Å². The molecule has 3 heterocycles. The maximum absolute atomic E-state index is 12.5. The molecule has 3 aliphatic rings. The van der Waals surface area contributed by atoms with Gasteiger partial charge in [0.1, 0.15) is 5.71 Å². The van der Waals surface area contributed by atoms with E-state index in [4.69, 9.17) is 4.98 Å². The highest BCUT2D eigenvalue weighted by Crippen LogP contribution is 2.27. The van der Waals surface area contributed by atoms with Crippen LogP contribution in [-0.4, -0.2) is 60.0 Å². The molecule has 1 aromatic heterocycles. The van der Waals surface area contributed by atoms with Crippen molar-refractivity contribution in [3.63, 3.8) is 0 Å². The lowest BCUT2D eigenvalue weighted by Gasteiger charge is -2.27. The van der Waals surface area contributed by atoms with E-state index in [2.05, 4.69) is 10.4 Å². The molecular formula is C19H26N4O4S2. The zero-order valence-electron chi connectivity index (χ0n) is 16.4. The van der Waals surface area contributed by atoms with Crippen molar-refractivity contribution in [2.75, 3.05) is 18.1 Å². The first-order chi connectivity index (χ1) is 13.9. The Balaban J connectivity index is 1.28. The molecule has 10 heteroatoms. The molecule has 1 aliphatic carbocycles. The van der Waals surface area contributed by atoms with Gasteiger partial charge in [0.05, 0.1) is 28.2 Å². The van der Waals surface area contributed by atoms with Crippen LogP contribution in [0.3, 0.4) is 0 Å². The van der Waals surface area contributed by atoms with Crippen LogP contribution in [-0.2, 0) is 38.7 Å². The second kappa shape index (κ2) is 8.51. The number of carbonyl (C=O) groups excluding carboxylic acids is 2. The summed E-state index contributed by atoms with van der Waals surface area (Å²) < 4.78 is 23.4. The minimum atomic E-state index is -3.12. The molecule has 1 atom stereocenters. The minimum absolute atomic E-state index is 0.0681. The van der Waals surface area contributed by atoms with E-state index in [1.165, 1.54) is 28.4 Å². The number of sulfone groups is 1. The lowest BCUT2D eigenvalue weighted by molar-refractivity contribution is -0.133. The van der Waals surface area contributed by atoms with Crippen molar-refractivity contribution in [3.05, 3.63) is 15.6 Å². The summed E-state index contributed by atoms with van der Waals surface area (Å²) in [6.07, 6.45) is 7.20. The number of rotatable bonds is 6. The van der Waals surface area contributed by atoms with E-state index in [-0.39, 0.29) is 29.7 Å². The van der Waals surface area contributed by atoms with Gasteiger partial charge in [0.25, 0.3) is 5.91 Å². The lowest BCUT2D eigenvalue weighted by Crippen LogP contribution is -2.44. The highest BCUT2D eigenvalue weighted by Gasteiger charge is 2.37. The van der Waals surface area contributed by atoms with Crippen molar-refractivity contribution in [3.8, 4) is 0 Å². The number of hydrazone groups is 1. The van der Waals surface area contributed by atoms with Crippen LogP contribution in [0.2, 0.25) is 0 Å². The fourth-order valence-electron chi connectivity index (χ4n) is 4.04. The molecule has 1 unspecified atom stereocenters. The highest BCUT2D eigenvalue weighted by molar-refractivity contribution is 7.91. The molecule has 1 N–H and O–H groups in total. The summed E-state index contributed by atoms with van der Waals surface area (Å²) in [5.41, 5.74) is 1.56. The Morgan fingerprint density at radius 1 is 1.21 bits per heavy atom. The molecule has 1 aromatic rings. The molecule has 158 valence electrons. The second-order valence-electron chi connectivity index (χ2n) is 7.89. The van der Waals surface area contributed by atoms with Crippen LogP contribution in [0.1, 0.15) is 54.1 Å². The van der Waals surface area contributed by atoms with Crippen molar-refractivity contribution >= 4 is 38.7 Å². The number of aromatic nitrogens is 1. The van der Waals surface area contributed by atoms with E-state index < -0.39 is 15.9 Å². The number of nitrogens with zero attached hydrogens (tertiary/aromatic N) is 3. The van der Waals surface area contributed by atoms with Crippen LogP contribution in [0.15, 0.2) is 5.10 Å². The smallest absolute Gasteiger partial charge is 0.267 e. The van der Waals surface area contributed by atoms with E-state index in [9.17, 15) is 18.0 Å². The third kappa shape index (κ3) is 4.85. The Hall–Kier alpha value is -1.81. The Kier molecular flexibility index (Phi) is 6.00. The van der Waals surface area contributed by atoms with Crippen molar-refractivity contribution in [2.24, 2.45) is 5.10 Å². The Morgan fingerprint density at radius 2 is 2.03 bits per heavy atom. The van der Waals surface area contributed by atoms with Crippen LogP contribution in [0.4, 0.5) is 0 Å². The van der Waals surface area contributed by atoms with Crippen molar-refractivity contribution in [1.82, 2.24) is 15.3 Å². The van der Waals surface area contributed by atoms with Crippen molar-refractivity contribution < 1.29 is 18.0 Å². The summed E-state index contributed by atoms with van der Waals surface area (Å²) in [6, 6.07) is -0.452. The molecule has 8 nitrogen and oxygen atoms in total. The number of thiazole rings is 1. The number of aryl methyl sites for hydroxylation is 3. The monoisotopic (exact) mass is 438 g/mol. The van der Waals surface area contributed by atoms with E-state index in [1.807, 2.05) is 0 Å². The molecule has 29 heavy (non-hydrogen) atoms. The van der Waals surface area contributed by atoms with Gasteiger partial charge in [-0.05, 0) is 38.5 Å². The molecule has 1 fully saturated rings. The predicted octanol–water partition coefficient (Wildman–Crippen LogP) is 1.24. The largest absolute Gasteiger partial charge is 0.351 e. The van der Waals surface area contributed by atoms with Gasteiger partial charge in [-0.1, -0.05) is 0 Å². The Labute approximate surface area is 174 Å². The summed E-state index contributed by atoms with van der Waals surface area (Å²) in [7, 11) is -3.12. The van der Waals surface area contributed by atoms with E-state index in [0.717, 1.165) is 30.7 Å². The van der Waals surface area contributed by atoms with Gasteiger partial charge in [0, 0.05) is 30.7 Å². The number of nitrogens with one attached hydrogen (secondary N) is 1. The maximum atomic E-state index is 12.5. The summed E-state index contributed by atoms with van der Waals surface area (Å²) >= 11 is 1.80. The number of hydrogen-bond donors (Lipinski definition) is 1. The first kappa shape index (κ1) is 20.5. The molecule has 2 amide bonds. The minimum Gasteiger partial charge on any atom is -0.351 e. The molecule has 0 aromatic carbocycles. The number of fused-ring (bicyclic) bond motifs is 1. The molecule has 4 rings (SSSR count). The summed E-state index contributed by atoms with van der Waals surface area (Å²) in [4.78, 5) is 30.7. The van der Waals surface area contributed by atoms with Crippen molar-refractivity contribution in [2.45, 2.75) is 63.8 Å². The summed E-state index contributed by atoms with van der Waals surface area (Å²) in [6.45, 7) is 0.522. The molecule has 2 aliphatic heterocycles. The fraction of sp³-hybridized carbons (Fsp3) is 0.684. The van der Waals surface area contributed by atoms with Gasteiger partial charge in [0.2, 0.25) is 5.91 Å². The standard InChI is InChI=1S/C19H26N4O4S2/c24-18-8-7-15(22-23(18)13-9-11-29(26,27)12-13)19(25)20-10-3-6-17-21-14-4-1-2-5-16(14)28-17/h13H,1-12H2,(H,20,25). The van der Waals surface area contributed by atoms with Crippen LogP contribution in [0.5, 0.6) is 0 Å². The second-order valence-corrected chi connectivity index (χ2v) is 11.3. The molecule has 0 bridgehead atoms. The van der Waals surface area contributed by atoms with Gasteiger partial charge in [-0.15, -0.1) is 11.3 Å². The van der Waals surface area contributed by atoms with Crippen LogP contribution in [0.25, 0.3) is 0 Å². The maximum Gasteiger partial charge on any atom is 0.267 e.